The number of halogens is 1. The highest BCUT2D eigenvalue weighted by atomic mass is 35.5. The van der Waals surface area contributed by atoms with E-state index in [2.05, 4.69) is 16.2 Å². The van der Waals surface area contributed by atoms with Gasteiger partial charge in [0.15, 0.2) is 0 Å². The standard InChI is InChI=1S/C24H27ClN4O2/c1-18-21(15-27(2)26-18)16-28-10-12-29(13-11-28)24(30)20-5-3-4-19(14-20)17-31-23-8-6-22(25)7-9-23/h3-9,14-15H,10-13,16-17H2,1-2H3. The zero-order valence-electron chi connectivity index (χ0n) is 17.9. The zero-order valence-corrected chi connectivity index (χ0v) is 18.7. The number of benzene rings is 2. The molecule has 7 heteroatoms. The molecule has 0 bridgehead atoms. The maximum atomic E-state index is 13.0. The van der Waals surface area contributed by atoms with Gasteiger partial charge in [0.1, 0.15) is 12.4 Å². The SMILES string of the molecule is Cc1nn(C)cc1CN1CCN(C(=O)c2cccc(COc3ccc(Cl)cc3)c2)CC1. The Kier molecular flexibility index (Phi) is 6.59. The van der Waals surface area contributed by atoms with Crippen molar-refractivity contribution in [2.24, 2.45) is 7.05 Å². The highest BCUT2D eigenvalue weighted by Crippen LogP contribution is 2.18. The Labute approximate surface area is 188 Å². The summed E-state index contributed by atoms with van der Waals surface area (Å²) in [7, 11) is 1.95. The van der Waals surface area contributed by atoms with Gasteiger partial charge in [-0.2, -0.15) is 5.10 Å². The van der Waals surface area contributed by atoms with E-state index < -0.39 is 0 Å². The van der Waals surface area contributed by atoms with Gasteiger partial charge >= 0.3 is 0 Å². The van der Waals surface area contributed by atoms with Gasteiger partial charge in [0.25, 0.3) is 5.91 Å². The van der Waals surface area contributed by atoms with Gasteiger partial charge in [-0.15, -0.1) is 0 Å². The van der Waals surface area contributed by atoms with Crippen LogP contribution < -0.4 is 4.74 Å². The van der Waals surface area contributed by atoms with Crippen molar-refractivity contribution in [1.82, 2.24) is 19.6 Å². The van der Waals surface area contributed by atoms with Gasteiger partial charge in [-0.05, 0) is 48.9 Å². The second kappa shape index (κ2) is 9.54. The lowest BCUT2D eigenvalue weighted by Gasteiger charge is -2.34. The molecule has 2 aromatic carbocycles. The minimum absolute atomic E-state index is 0.0746. The number of aryl methyl sites for hydroxylation is 2. The van der Waals surface area contributed by atoms with Crippen LogP contribution in [0.1, 0.15) is 27.2 Å². The Morgan fingerprint density at radius 3 is 2.52 bits per heavy atom. The molecule has 0 aliphatic carbocycles. The van der Waals surface area contributed by atoms with Crippen molar-refractivity contribution in [3.8, 4) is 5.75 Å². The molecular weight excluding hydrogens is 412 g/mol. The van der Waals surface area contributed by atoms with Crippen LogP contribution in [0.25, 0.3) is 0 Å². The summed E-state index contributed by atoms with van der Waals surface area (Å²) in [5.74, 6) is 0.826. The Bertz CT molecular complexity index is 1040. The van der Waals surface area contributed by atoms with Crippen LogP contribution in [-0.4, -0.2) is 51.7 Å². The summed E-state index contributed by atoms with van der Waals surface area (Å²) in [5.41, 5.74) is 3.98. The van der Waals surface area contributed by atoms with Crippen LogP contribution in [0, 0.1) is 6.92 Å². The molecule has 1 fully saturated rings. The smallest absolute Gasteiger partial charge is 0.253 e. The van der Waals surface area contributed by atoms with Crippen molar-refractivity contribution < 1.29 is 9.53 Å². The molecular formula is C24H27ClN4O2. The summed E-state index contributed by atoms with van der Waals surface area (Å²) >= 11 is 5.91. The first kappa shape index (κ1) is 21.4. The second-order valence-electron chi connectivity index (χ2n) is 7.92. The maximum absolute atomic E-state index is 13.0. The van der Waals surface area contributed by atoms with Crippen LogP contribution in [0.3, 0.4) is 0 Å². The highest BCUT2D eigenvalue weighted by Gasteiger charge is 2.23. The molecule has 162 valence electrons. The predicted octanol–water partition coefficient (Wildman–Crippen LogP) is 3.92. The first-order valence-corrected chi connectivity index (χ1v) is 10.8. The predicted molar refractivity (Wildman–Crippen MR) is 121 cm³/mol. The van der Waals surface area contributed by atoms with Gasteiger partial charge in [-0.25, -0.2) is 0 Å². The molecule has 0 unspecified atom stereocenters. The average Bonchev–Trinajstić information content (AvgIpc) is 3.10. The van der Waals surface area contributed by atoms with Crippen molar-refractivity contribution in [3.05, 3.63) is 82.1 Å². The van der Waals surface area contributed by atoms with E-state index in [9.17, 15) is 4.79 Å². The van der Waals surface area contributed by atoms with Crippen LogP contribution in [0.5, 0.6) is 5.75 Å². The number of rotatable bonds is 6. The number of carbonyl (C=O) groups excluding carboxylic acids is 1. The van der Waals surface area contributed by atoms with Gasteiger partial charge < -0.3 is 9.64 Å². The van der Waals surface area contributed by atoms with E-state index in [1.807, 2.05) is 60.0 Å². The topological polar surface area (TPSA) is 50.6 Å². The molecule has 0 radical (unpaired) electrons. The lowest BCUT2D eigenvalue weighted by atomic mass is 10.1. The van der Waals surface area contributed by atoms with Crippen molar-refractivity contribution >= 4 is 17.5 Å². The summed E-state index contributed by atoms with van der Waals surface area (Å²) in [5, 5.41) is 5.09. The molecule has 0 N–H and O–H groups in total. The molecule has 2 heterocycles. The summed E-state index contributed by atoms with van der Waals surface area (Å²) in [6.45, 7) is 6.49. The lowest BCUT2D eigenvalue weighted by molar-refractivity contribution is 0.0628. The van der Waals surface area contributed by atoms with Gasteiger partial charge in [0, 0.05) is 62.1 Å². The number of nitrogens with zero attached hydrogens (tertiary/aromatic N) is 4. The zero-order chi connectivity index (χ0) is 21.8. The number of carbonyl (C=O) groups is 1. The summed E-state index contributed by atoms with van der Waals surface area (Å²) in [6.07, 6.45) is 2.07. The van der Waals surface area contributed by atoms with Crippen LogP contribution >= 0.6 is 11.6 Å². The Morgan fingerprint density at radius 1 is 1.10 bits per heavy atom. The highest BCUT2D eigenvalue weighted by molar-refractivity contribution is 6.30. The van der Waals surface area contributed by atoms with Gasteiger partial charge in [-0.3, -0.25) is 14.4 Å². The minimum atomic E-state index is 0.0746. The fraction of sp³-hybridized carbons (Fsp3) is 0.333. The van der Waals surface area contributed by atoms with Crippen LogP contribution in [0.2, 0.25) is 5.02 Å². The normalized spacial score (nSPS) is 14.6. The Hall–Kier alpha value is -2.83. The van der Waals surface area contributed by atoms with Gasteiger partial charge in [0.05, 0.1) is 5.69 Å². The summed E-state index contributed by atoms with van der Waals surface area (Å²) in [4.78, 5) is 17.3. The van der Waals surface area contributed by atoms with Crippen LogP contribution in [0.15, 0.2) is 54.7 Å². The van der Waals surface area contributed by atoms with E-state index in [1.165, 1.54) is 5.56 Å². The van der Waals surface area contributed by atoms with Gasteiger partial charge in [-0.1, -0.05) is 23.7 Å². The van der Waals surface area contributed by atoms with Crippen molar-refractivity contribution in [2.75, 3.05) is 26.2 Å². The molecule has 0 atom stereocenters. The number of ether oxygens (including phenoxy) is 1. The van der Waals surface area contributed by atoms with E-state index in [-0.39, 0.29) is 5.91 Å². The Balaban J connectivity index is 1.32. The molecule has 0 spiro atoms. The fourth-order valence-electron chi connectivity index (χ4n) is 3.83. The van der Waals surface area contributed by atoms with E-state index in [1.54, 1.807) is 12.1 Å². The maximum Gasteiger partial charge on any atom is 0.253 e. The van der Waals surface area contributed by atoms with E-state index >= 15 is 0 Å². The molecule has 1 aliphatic heterocycles. The first-order valence-electron chi connectivity index (χ1n) is 10.5. The Morgan fingerprint density at radius 2 is 1.84 bits per heavy atom. The molecule has 31 heavy (non-hydrogen) atoms. The third-order valence-electron chi connectivity index (χ3n) is 5.56. The van der Waals surface area contributed by atoms with Gasteiger partial charge in [0.2, 0.25) is 0 Å². The number of amides is 1. The fourth-order valence-corrected chi connectivity index (χ4v) is 3.95. The number of hydrogen-bond donors (Lipinski definition) is 0. The number of piperazine rings is 1. The summed E-state index contributed by atoms with van der Waals surface area (Å²) < 4.78 is 7.67. The molecule has 1 saturated heterocycles. The van der Waals surface area contributed by atoms with E-state index in [0.29, 0.717) is 17.2 Å². The number of aromatic nitrogens is 2. The number of hydrogen-bond acceptors (Lipinski definition) is 4. The molecule has 3 aromatic rings. The van der Waals surface area contributed by atoms with Crippen molar-refractivity contribution in [3.63, 3.8) is 0 Å². The minimum Gasteiger partial charge on any atom is -0.489 e. The molecule has 0 saturated carbocycles. The van der Waals surface area contributed by atoms with E-state index in [4.69, 9.17) is 16.3 Å². The largest absolute Gasteiger partial charge is 0.489 e. The molecule has 4 rings (SSSR count). The molecule has 6 nitrogen and oxygen atoms in total. The monoisotopic (exact) mass is 438 g/mol. The third-order valence-corrected chi connectivity index (χ3v) is 5.81. The molecule has 1 aromatic heterocycles. The lowest BCUT2D eigenvalue weighted by Crippen LogP contribution is -2.48. The molecule has 1 aliphatic rings. The van der Waals surface area contributed by atoms with E-state index in [0.717, 1.165) is 49.7 Å². The van der Waals surface area contributed by atoms with Crippen molar-refractivity contribution in [2.45, 2.75) is 20.1 Å². The molecule has 1 amide bonds. The average molecular weight is 439 g/mol. The van der Waals surface area contributed by atoms with Crippen molar-refractivity contribution in [1.29, 1.82) is 0 Å². The van der Waals surface area contributed by atoms with Crippen LogP contribution in [-0.2, 0) is 20.2 Å². The second-order valence-corrected chi connectivity index (χ2v) is 8.36. The quantitative estimate of drug-likeness (QED) is 0.585. The summed E-state index contributed by atoms with van der Waals surface area (Å²) in [6, 6.07) is 14.9. The first-order chi connectivity index (χ1) is 15.0. The van der Waals surface area contributed by atoms with Crippen LogP contribution in [0.4, 0.5) is 0 Å². The third kappa shape index (κ3) is 5.46.